The molecule has 0 bridgehead atoms. The van der Waals surface area contributed by atoms with Crippen LogP contribution in [0.1, 0.15) is 38.2 Å². The minimum absolute atomic E-state index is 0.0839. The lowest BCUT2D eigenvalue weighted by Gasteiger charge is -2.22. The summed E-state index contributed by atoms with van der Waals surface area (Å²) in [5, 5.41) is 2.93. The van der Waals surface area contributed by atoms with E-state index in [1.54, 1.807) is 0 Å². The van der Waals surface area contributed by atoms with Crippen molar-refractivity contribution in [1.82, 2.24) is 0 Å². The quantitative estimate of drug-likeness (QED) is 0.724. The predicted octanol–water partition coefficient (Wildman–Crippen LogP) is 2.45. The zero-order valence-electron chi connectivity index (χ0n) is 13.3. The number of nitrogens with one attached hydrogen (secondary N) is 1. The van der Waals surface area contributed by atoms with E-state index in [4.69, 9.17) is 15.2 Å². The van der Waals surface area contributed by atoms with Crippen molar-refractivity contribution in [2.75, 3.05) is 25.1 Å². The fraction of sp³-hybridized carbons (Fsp3) is 0.588. The first-order valence-electron chi connectivity index (χ1n) is 7.99. The van der Waals surface area contributed by atoms with Crippen molar-refractivity contribution in [3.63, 3.8) is 0 Å². The molecule has 0 spiro atoms. The van der Waals surface area contributed by atoms with Crippen LogP contribution in [0.15, 0.2) is 24.3 Å². The second kappa shape index (κ2) is 8.27. The van der Waals surface area contributed by atoms with Crippen LogP contribution in [0.5, 0.6) is 0 Å². The average Bonchev–Trinajstić information content (AvgIpc) is 2.96. The summed E-state index contributed by atoms with van der Waals surface area (Å²) >= 11 is 0. The van der Waals surface area contributed by atoms with E-state index in [2.05, 4.69) is 5.32 Å². The molecule has 5 nitrogen and oxygen atoms in total. The largest absolute Gasteiger partial charge is 0.379 e. The first-order valence-corrected chi connectivity index (χ1v) is 7.99. The molecule has 0 heterocycles. The van der Waals surface area contributed by atoms with Gasteiger partial charge in [-0.2, -0.15) is 0 Å². The summed E-state index contributed by atoms with van der Waals surface area (Å²) in [6.45, 7) is 4.33. The molecule has 0 saturated heterocycles. The van der Waals surface area contributed by atoms with Crippen molar-refractivity contribution in [3.05, 3.63) is 29.8 Å². The molecule has 1 aliphatic carbocycles. The molecule has 122 valence electrons. The summed E-state index contributed by atoms with van der Waals surface area (Å²) in [5.74, 6) is -0.0839. The first-order chi connectivity index (χ1) is 10.6. The van der Waals surface area contributed by atoms with Crippen LogP contribution < -0.4 is 11.1 Å². The van der Waals surface area contributed by atoms with Crippen molar-refractivity contribution in [3.8, 4) is 0 Å². The SMILES string of the molecule is CCOCCOCc1cccc(NC(=O)C2(N)CCCC2)c1. The van der Waals surface area contributed by atoms with Crippen molar-refractivity contribution < 1.29 is 14.3 Å². The molecule has 0 aromatic heterocycles. The number of carbonyl (C=O) groups is 1. The fourth-order valence-electron chi connectivity index (χ4n) is 2.68. The minimum atomic E-state index is -0.704. The van der Waals surface area contributed by atoms with Gasteiger partial charge in [0.2, 0.25) is 5.91 Å². The summed E-state index contributed by atoms with van der Waals surface area (Å²) in [5.41, 5.74) is 7.25. The van der Waals surface area contributed by atoms with Crippen LogP contribution in [-0.4, -0.2) is 31.3 Å². The molecule has 22 heavy (non-hydrogen) atoms. The Hall–Kier alpha value is -1.43. The third-order valence-electron chi connectivity index (χ3n) is 3.98. The first kappa shape index (κ1) is 16.9. The van der Waals surface area contributed by atoms with E-state index in [9.17, 15) is 4.79 Å². The van der Waals surface area contributed by atoms with E-state index in [-0.39, 0.29) is 5.91 Å². The Kier molecular flexibility index (Phi) is 6.36. The third kappa shape index (κ3) is 4.80. The predicted molar refractivity (Wildman–Crippen MR) is 86.6 cm³/mol. The van der Waals surface area contributed by atoms with Gasteiger partial charge in [0.15, 0.2) is 0 Å². The summed E-state index contributed by atoms with van der Waals surface area (Å²) in [6.07, 6.45) is 3.58. The van der Waals surface area contributed by atoms with E-state index in [0.29, 0.717) is 26.4 Å². The van der Waals surface area contributed by atoms with Gasteiger partial charge in [-0.25, -0.2) is 0 Å². The molecule has 1 saturated carbocycles. The van der Waals surface area contributed by atoms with Gasteiger partial charge in [-0.15, -0.1) is 0 Å². The summed E-state index contributed by atoms with van der Waals surface area (Å²) < 4.78 is 10.8. The van der Waals surface area contributed by atoms with Gasteiger partial charge in [0.05, 0.1) is 25.4 Å². The molecule has 0 unspecified atom stereocenters. The van der Waals surface area contributed by atoms with Crippen LogP contribution in [0.25, 0.3) is 0 Å². The van der Waals surface area contributed by atoms with Gasteiger partial charge in [0.25, 0.3) is 0 Å². The monoisotopic (exact) mass is 306 g/mol. The van der Waals surface area contributed by atoms with Crippen LogP contribution in [0.3, 0.4) is 0 Å². The summed E-state index contributed by atoms with van der Waals surface area (Å²) in [4.78, 5) is 12.3. The highest BCUT2D eigenvalue weighted by Crippen LogP contribution is 2.28. The number of hydrogen-bond donors (Lipinski definition) is 2. The van der Waals surface area contributed by atoms with Crippen LogP contribution in [0.2, 0.25) is 0 Å². The van der Waals surface area contributed by atoms with Crippen molar-refractivity contribution >= 4 is 11.6 Å². The fourth-order valence-corrected chi connectivity index (χ4v) is 2.68. The zero-order chi connectivity index (χ0) is 15.8. The highest BCUT2D eigenvalue weighted by atomic mass is 16.5. The van der Waals surface area contributed by atoms with Crippen LogP contribution in [-0.2, 0) is 20.9 Å². The van der Waals surface area contributed by atoms with E-state index < -0.39 is 5.54 Å². The second-order valence-electron chi connectivity index (χ2n) is 5.77. The normalized spacial score (nSPS) is 16.6. The van der Waals surface area contributed by atoms with Crippen molar-refractivity contribution in [2.45, 2.75) is 44.8 Å². The van der Waals surface area contributed by atoms with E-state index in [1.165, 1.54) is 0 Å². The average molecular weight is 306 g/mol. The Bertz CT molecular complexity index is 485. The lowest BCUT2D eigenvalue weighted by atomic mass is 9.98. The van der Waals surface area contributed by atoms with Crippen LogP contribution in [0, 0.1) is 0 Å². The number of ether oxygens (including phenoxy) is 2. The maximum atomic E-state index is 12.3. The third-order valence-corrected chi connectivity index (χ3v) is 3.98. The Labute approximate surface area is 132 Å². The number of hydrogen-bond acceptors (Lipinski definition) is 4. The van der Waals surface area contributed by atoms with Gasteiger partial charge in [-0.1, -0.05) is 25.0 Å². The lowest BCUT2D eigenvalue weighted by molar-refractivity contribution is -0.121. The van der Waals surface area contributed by atoms with Gasteiger partial charge in [0, 0.05) is 12.3 Å². The topological polar surface area (TPSA) is 73.6 Å². The molecular formula is C17H26N2O3. The number of carbonyl (C=O) groups excluding carboxylic acids is 1. The molecule has 1 aromatic carbocycles. The molecule has 0 radical (unpaired) electrons. The molecular weight excluding hydrogens is 280 g/mol. The highest BCUT2D eigenvalue weighted by Gasteiger charge is 2.36. The molecule has 1 aliphatic rings. The maximum absolute atomic E-state index is 12.3. The van der Waals surface area contributed by atoms with Gasteiger partial charge in [0.1, 0.15) is 0 Å². The smallest absolute Gasteiger partial charge is 0.244 e. The molecule has 1 amide bonds. The van der Waals surface area contributed by atoms with Crippen LogP contribution >= 0.6 is 0 Å². The van der Waals surface area contributed by atoms with Crippen molar-refractivity contribution in [1.29, 1.82) is 0 Å². The van der Waals surface area contributed by atoms with E-state index >= 15 is 0 Å². The van der Waals surface area contributed by atoms with Crippen LogP contribution in [0.4, 0.5) is 5.69 Å². The minimum Gasteiger partial charge on any atom is -0.379 e. The van der Waals surface area contributed by atoms with E-state index in [1.807, 2.05) is 31.2 Å². The molecule has 3 N–H and O–H groups in total. The number of nitrogens with two attached hydrogens (primary N) is 1. The molecule has 1 fully saturated rings. The maximum Gasteiger partial charge on any atom is 0.244 e. The second-order valence-corrected chi connectivity index (χ2v) is 5.77. The number of benzene rings is 1. The summed E-state index contributed by atoms with van der Waals surface area (Å²) in [7, 11) is 0. The standard InChI is InChI=1S/C17H26N2O3/c1-2-21-10-11-22-13-14-6-5-7-15(12-14)19-16(20)17(18)8-3-4-9-17/h5-7,12H,2-4,8-11,13,18H2,1H3,(H,19,20). The zero-order valence-corrected chi connectivity index (χ0v) is 13.3. The van der Waals surface area contributed by atoms with Crippen molar-refractivity contribution in [2.24, 2.45) is 5.73 Å². The molecule has 0 aliphatic heterocycles. The molecule has 1 aromatic rings. The van der Waals surface area contributed by atoms with Gasteiger partial charge in [-0.05, 0) is 37.5 Å². The summed E-state index contributed by atoms with van der Waals surface area (Å²) in [6, 6.07) is 7.69. The Morgan fingerprint density at radius 2 is 2.00 bits per heavy atom. The number of anilines is 1. The van der Waals surface area contributed by atoms with Gasteiger partial charge in [-0.3, -0.25) is 4.79 Å². The Morgan fingerprint density at radius 1 is 1.27 bits per heavy atom. The van der Waals surface area contributed by atoms with Gasteiger partial charge >= 0.3 is 0 Å². The molecule has 5 heteroatoms. The number of rotatable bonds is 8. The Balaban J connectivity index is 1.84. The molecule has 0 atom stereocenters. The Morgan fingerprint density at radius 3 is 2.73 bits per heavy atom. The highest BCUT2D eigenvalue weighted by molar-refractivity contribution is 5.98. The number of amides is 1. The van der Waals surface area contributed by atoms with Gasteiger partial charge < -0.3 is 20.5 Å². The lowest BCUT2D eigenvalue weighted by Crippen LogP contribution is -2.48. The molecule has 2 rings (SSSR count). The van der Waals surface area contributed by atoms with E-state index in [0.717, 1.165) is 36.9 Å².